The van der Waals surface area contributed by atoms with Crippen LogP contribution >= 0.6 is 0 Å². The van der Waals surface area contributed by atoms with E-state index in [4.69, 9.17) is 0 Å². The summed E-state index contributed by atoms with van der Waals surface area (Å²) in [5.41, 5.74) is -0.0219. The highest BCUT2D eigenvalue weighted by atomic mass is 19.1. The zero-order valence-corrected chi connectivity index (χ0v) is 11.4. The van der Waals surface area contributed by atoms with Gasteiger partial charge in [0.25, 0.3) is 5.69 Å². The van der Waals surface area contributed by atoms with Crippen molar-refractivity contribution < 1.29 is 14.1 Å². The molecule has 0 atom stereocenters. The minimum atomic E-state index is -0.471. The van der Waals surface area contributed by atoms with E-state index < -0.39 is 16.3 Å². The number of rotatable bonds is 4. The quantitative estimate of drug-likeness (QED) is 0.492. The van der Waals surface area contributed by atoms with Crippen LogP contribution in [0.15, 0.2) is 36.5 Å². The number of nitrogens with zero attached hydrogens (tertiary/aromatic N) is 2. The van der Waals surface area contributed by atoms with Crippen molar-refractivity contribution in [2.75, 3.05) is 0 Å². The molecule has 1 saturated carbocycles. The van der Waals surface area contributed by atoms with Crippen LogP contribution in [0.2, 0.25) is 0 Å². The lowest BCUT2D eigenvalue weighted by Gasteiger charge is -2.13. The van der Waals surface area contributed by atoms with Crippen molar-refractivity contribution >= 4 is 22.4 Å². The van der Waals surface area contributed by atoms with Crippen LogP contribution in [0.5, 0.6) is 0 Å². The SMILES string of the molecule is CC(=O)/C=C/C1(n2cc([N+](=O)[O-])c3ccc(F)cc32)CC1. The summed E-state index contributed by atoms with van der Waals surface area (Å²) in [5.74, 6) is -0.526. The first kappa shape index (κ1) is 13.5. The topological polar surface area (TPSA) is 65.1 Å². The summed E-state index contributed by atoms with van der Waals surface area (Å²) < 4.78 is 15.2. The minimum absolute atomic E-state index is 0.0486. The first-order chi connectivity index (χ1) is 9.93. The van der Waals surface area contributed by atoms with Crippen molar-refractivity contribution in [1.82, 2.24) is 4.57 Å². The molecule has 1 fully saturated rings. The second-order valence-corrected chi connectivity index (χ2v) is 5.35. The first-order valence-corrected chi connectivity index (χ1v) is 6.58. The second-order valence-electron chi connectivity index (χ2n) is 5.35. The van der Waals surface area contributed by atoms with E-state index in [1.807, 2.05) is 0 Å². The number of ketones is 1. The van der Waals surface area contributed by atoms with Crippen LogP contribution in [0.1, 0.15) is 19.8 Å². The molecule has 0 saturated heterocycles. The molecule has 2 aromatic rings. The van der Waals surface area contributed by atoms with Gasteiger partial charge in [0.1, 0.15) is 5.82 Å². The molecule has 0 amide bonds. The third kappa shape index (κ3) is 2.22. The van der Waals surface area contributed by atoms with Gasteiger partial charge in [-0.05, 0) is 44.0 Å². The summed E-state index contributed by atoms with van der Waals surface area (Å²) in [4.78, 5) is 21.8. The van der Waals surface area contributed by atoms with Crippen LogP contribution in [0, 0.1) is 15.9 Å². The summed E-state index contributed by atoms with van der Waals surface area (Å²) in [6.07, 6.45) is 6.19. The van der Waals surface area contributed by atoms with Crippen LogP contribution in [-0.4, -0.2) is 15.3 Å². The molecule has 5 nitrogen and oxygen atoms in total. The molecular weight excluding hydrogens is 275 g/mol. The van der Waals surface area contributed by atoms with E-state index in [0.717, 1.165) is 12.8 Å². The molecule has 1 aliphatic carbocycles. The number of nitro groups is 1. The lowest BCUT2D eigenvalue weighted by atomic mass is 10.2. The van der Waals surface area contributed by atoms with E-state index in [9.17, 15) is 19.3 Å². The normalized spacial score (nSPS) is 16.5. The van der Waals surface area contributed by atoms with Gasteiger partial charge in [-0.25, -0.2) is 4.39 Å². The fraction of sp³-hybridized carbons (Fsp3) is 0.267. The fourth-order valence-corrected chi connectivity index (χ4v) is 2.58. The highest BCUT2D eigenvalue weighted by molar-refractivity contribution is 5.90. The third-order valence-electron chi connectivity index (χ3n) is 3.81. The standard InChI is InChI=1S/C15H13FN2O3/c1-10(19)4-5-15(6-7-15)17-9-14(18(20)21)12-3-2-11(16)8-13(12)17/h2-5,8-9H,6-7H2,1H3/b5-4+. The highest BCUT2D eigenvalue weighted by Crippen LogP contribution is 2.48. The Balaban J connectivity index is 2.21. The number of allylic oxidation sites excluding steroid dienone is 2. The molecule has 1 aliphatic rings. The average Bonchev–Trinajstić information content (AvgIpc) is 3.10. The lowest BCUT2D eigenvalue weighted by Crippen LogP contribution is -2.13. The smallest absolute Gasteiger partial charge is 0.294 e. The molecule has 1 aromatic heterocycles. The predicted molar refractivity (Wildman–Crippen MR) is 75.6 cm³/mol. The zero-order valence-electron chi connectivity index (χ0n) is 11.4. The largest absolute Gasteiger partial charge is 0.331 e. The Hall–Kier alpha value is -2.50. The van der Waals surface area contributed by atoms with Gasteiger partial charge in [0.2, 0.25) is 0 Å². The van der Waals surface area contributed by atoms with Gasteiger partial charge in [0.15, 0.2) is 5.78 Å². The molecule has 0 radical (unpaired) electrons. The fourth-order valence-electron chi connectivity index (χ4n) is 2.58. The Labute approximate surface area is 119 Å². The second kappa shape index (κ2) is 4.51. The zero-order chi connectivity index (χ0) is 15.2. The van der Waals surface area contributed by atoms with E-state index in [2.05, 4.69) is 0 Å². The number of carbonyl (C=O) groups excluding carboxylic acids is 1. The third-order valence-corrected chi connectivity index (χ3v) is 3.81. The number of carbonyl (C=O) groups is 1. The summed E-state index contributed by atoms with van der Waals surface area (Å²) in [7, 11) is 0. The summed E-state index contributed by atoms with van der Waals surface area (Å²) in [5, 5.41) is 11.6. The summed E-state index contributed by atoms with van der Waals surface area (Å²) in [6.45, 7) is 1.45. The number of hydrogen-bond acceptors (Lipinski definition) is 3. The molecule has 1 heterocycles. The molecule has 108 valence electrons. The van der Waals surface area contributed by atoms with Gasteiger partial charge in [-0.1, -0.05) is 6.08 Å². The molecule has 21 heavy (non-hydrogen) atoms. The number of halogens is 1. The Morgan fingerprint density at radius 1 is 1.48 bits per heavy atom. The van der Waals surface area contributed by atoms with Gasteiger partial charge in [-0.3, -0.25) is 14.9 Å². The molecular formula is C15H13FN2O3. The van der Waals surface area contributed by atoms with Gasteiger partial charge >= 0.3 is 0 Å². The molecule has 0 unspecified atom stereocenters. The van der Waals surface area contributed by atoms with Crippen LogP contribution in [0.4, 0.5) is 10.1 Å². The van der Waals surface area contributed by atoms with E-state index in [-0.39, 0.29) is 11.5 Å². The number of hydrogen-bond donors (Lipinski definition) is 0. The van der Waals surface area contributed by atoms with Gasteiger partial charge < -0.3 is 4.57 Å². The number of aromatic nitrogens is 1. The van der Waals surface area contributed by atoms with E-state index >= 15 is 0 Å². The van der Waals surface area contributed by atoms with Crippen LogP contribution in [0.3, 0.4) is 0 Å². The first-order valence-electron chi connectivity index (χ1n) is 6.58. The maximum Gasteiger partial charge on any atom is 0.294 e. The Morgan fingerprint density at radius 3 is 2.76 bits per heavy atom. The number of fused-ring (bicyclic) bond motifs is 1. The van der Waals surface area contributed by atoms with Crippen molar-refractivity contribution in [3.63, 3.8) is 0 Å². The van der Waals surface area contributed by atoms with Gasteiger partial charge in [0, 0.05) is 0 Å². The molecule has 0 N–H and O–H groups in total. The van der Waals surface area contributed by atoms with Crippen molar-refractivity contribution in [3.05, 3.63) is 52.5 Å². The minimum Gasteiger partial charge on any atom is -0.331 e. The van der Waals surface area contributed by atoms with Crippen molar-refractivity contribution in [2.45, 2.75) is 25.3 Å². The molecule has 0 aliphatic heterocycles. The molecule has 0 spiro atoms. The van der Waals surface area contributed by atoms with E-state index in [1.54, 1.807) is 10.6 Å². The maximum atomic E-state index is 13.5. The van der Waals surface area contributed by atoms with Crippen molar-refractivity contribution in [2.24, 2.45) is 0 Å². The predicted octanol–water partition coefficient (Wildman–Crippen LogP) is 3.32. The molecule has 1 aromatic carbocycles. The van der Waals surface area contributed by atoms with Crippen LogP contribution in [0.25, 0.3) is 10.9 Å². The van der Waals surface area contributed by atoms with Crippen molar-refractivity contribution in [3.8, 4) is 0 Å². The molecule has 0 bridgehead atoms. The summed E-state index contributed by atoms with van der Waals surface area (Å²) in [6, 6.07) is 3.93. The maximum absolute atomic E-state index is 13.5. The van der Waals surface area contributed by atoms with Crippen molar-refractivity contribution in [1.29, 1.82) is 0 Å². The Bertz CT molecular complexity index is 788. The van der Waals surface area contributed by atoms with E-state index in [1.165, 1.54) is 37.4 Å². The van der Waals surface area contributed by atoms with Gasteiger partial charge in [0.05, 0.1) is 27.6 Å². The molecule has 6 heteroatoms. The average molecular weight is 288 g/mol. The Kier molecular flexibility index (Phi) is 2.90. The van der Waals surface area contributed by atoms with Gasteiger partial charge in [-0.2, -0.15) is 0 Å². The van der Waals surface area contributed by atoms with Crippen LogP contribution in [-0.2, 0) is 10.3 Å². The Morgan fingerprint density at radius 2 is 2.19 bits per heavy atom. The van der Waals surface area contributed by atoms with E-state index in [0.29, 0.717) is 10.9 Å². The molecule has 3 rings (SSSR count). The monoisotopic (exact) mass is 288 g/mol. The highest BCUT2D eigenvalue weighted by Gasteiger charge is 2.44. The van der Waals surface area contributed by atoms with Gasteiger partial charge in [-0.15, -0.1) is 0 Å². The summed E-state index contributed by atoms with van der Waals surface area (Å²) >= 11 is 0. The number of benzene rings is 1. The lowest BCUT2D eigenvalue weighted by molar-refractivity contribution is -0.383. The van der Waals surface area contributed by atoms with Crippen LogP contribution < -0.4 is 0 Å².